The van der Waals surface area contributed by atoms with Crippen LogP contribution in [-0.4, -0.2) is 43.8 Å². The van der Waals surface area contributed by atoms with E-state index in [1.165, 1.54) is 0 Å². The van der Waals surface area contributed by atoms with Crippen LogP contribution in [0.2, 0.25) is 0 Å². The number of rotatable bonds is 9. The number of carbonyl (C=O) groups excluding carboxylic acids is 1. The van der Waals surface area contributed by atoms with Gasteiger partial charge in [-0.3, -0.25) is 5.32 Å². The Labute approximate surface area is 78.7 Å². The van der Waals surface area contributed by atoms with Crippen LogP contribution in [0.4, 0.5) is 0 Å². The maximum Gasteiger partial charge on any atom is 0.121 e. The first kappa shape index (κ1) is 12.5. The van der Waals surface area contributed by atoms with E-state index in [2.05, 4.69) is 10.6 Å². The third-order valence-electron chi connectivity index (χ3n) is 1.56. The Hall–Kier alpha value is -0.490. The smallest absolute Gasteiger partial charge is 0.121 e. The third kappa shape index (κ3) is 9.42. The van der Waals surface area contributed by atoms with Gasteiger partial charge in [-0.05, 0) is 13.0 Å². The molecule has 0 aliphatic rings. The molecule has 13 heavy (non-hydrogen) atoms. The maximum absolute atomic E-state index is 9.93. The number of hydrogen-bond donors (Lipinski definition) is 4. The molecule has 0 heterocycles. The first-order valence-electron chi connectivity index (χ1n) is 4.57. The second-order valence-corrected chi connectivity index (χ2v) is 2.75. The van der Waals surface area contributed by atoms with Gasteiger partial charge in [-0.1, -0.05) is 0 Å². The number of aldehydes is 1. The summed E-state index contributed by atoms with van der Waals surface area (Å²) in [5.74, 6) is 0. The second-order valence-electron chi connectivity index (χ2n) is 2.75. The van der Waals surface area contributed by atoms with Gasteiger partial charge in [0.2, 0.25) is 0 Å². The molecule has 5 heteroatoms. The summed E-state index contributed by atoms with van der Waals surface area (Å²) in [5, 5.41) is 15.1. The van der Waals surface area contributed by atoms with Gasteiger partial charge in [0.1, 0.15) is 12.5 Å². The molecule has 78 valence electrons. The molecule has 0 spiro atoms. The first-order valence-corrected chi connectivity index (χ1v) is 4.57. The minimum absolute atomic E-state index is 0.507. The van der Waals surface area contributed by atoms with E-state index in [-0.39, 0.29) is 0 Å². The highest BCUT2D eigenvalue weighted by molar-refractivity contribution is 5.49. The van der Waals surface area contributed by atoms with Gasteiger partial charge in [-0.2, -0.15) is 0 Å². The molecule has 0 radical (unpaired) electrons. The number of aliphatic hydroxyl groups excluding tert-OH is 1. The summed E-state index contributed by atoms with van der Waals surface area (Å²) < 4.78 is 0. The van der Waals surface area contributed by atoms with E-state index in [0.717, 1.165) is 6.29 Å². The molecule has 0 aromatic rings. The van der Waals surface area contributed by atoms with Crippen LogP contribution in [0.15, 0.2) is 0 Å². The molecule has 0 aliphatic carbocycles. The topological polar surface area (TPSA) is 87.4 Å². The van der Waals surface area contributed by atoms with Crippen LogP contribution in [0.3, 0.4) is 0 Å². The van der Waals surface area contributed by atoms with Gasteiger partial charge in [-0.25, -0.2) is 0 Å². The zero-order valence-corrected chi connectivity index (χ0v) is 7.83. The Morgan fingerprint density at radius 3 is 2.77 bits per heavy atom. The van der Waals surface area contributed by atoms with Crippen LogP contribution in [0.5, 0.6) is 0 Å². The predicted octanol–water partition coefficient (Wildman–Crippen LogP) is -1.58. The standard InChI is InChI=1S/C8H19N3O2/c9-3-6-11-8(13)2-5-10-4-1-7-12/h7-8,10-11,13H,1-6,9H2. The van der Waals surface area contributed by atoms with E-state index in [1.807, 2.05) is 0 Å². The quantitative estimate of drug-likeness (QED) is 0.200. The molecule has 5 N–H and O–H groups in total. The largest absolute Gasteiger partial charge is 0.379 e. The summed E-state index contributed by atoms with van der Waals surface area (Å²) in [4.78, 5) is 9.93. The van der Waals surface area contributed by atoms with Crippen molar-refractivity contribution >= 4 is 6.29 Å². The fourth-order valence-electron chi connectivity index (χ4n) is 0.877. The summed E-state index contributed by atoms with van der Waals surface area (Å²) in [6.07, 6.45) is 1.51. The minimum Gasteiger partial charge on any atom is -0.379 e. The Morgan fingerprint density at radius 1 is 1.38 bits per heavy atom. The third-order valence-corrected chi connectivity index (χ3v) is 1.56. The van der Waals surface area contributed by atoms with Crippen molar-refractivity contribution in [2.45, 2.75) is 19.1 Å². The molecular weight excluding hydrogens is 170 g/mol. The number of carbonyl (C=O) groups is 1. The van der Waals surface area contributed by atoms with Crippen molar-refractivity contribution in [2.24, 2.45) is 5.73 Å². The number of nitrogens with one attached hydrogen (secondary N) is 2. The predicted molar refractivity (Wildman–Crippen MR) is 51.2 cm³/mol. The van der Waals surface area contributed by atoms with E-state index in [9.17, 15) is 9.90 Å². The molecule has 0 amide bonds. The lowest BCUT2D eigenvalue weighted by molar-refractivity contribution is -0.107. The lowest BCUT2D eigenvalue weighted by atomic mass is 10.3. The maximum atomic E-state index is 9.93. The van der Waals surface area contributed by atoms with Gasteiger partial charge in [0.05, 0.1) is 0 Å². The minimum atomic E-state index is -0.507. The molecule has 0 fully saturated rings. The van der Waals surface area contributed by atoms with Crippen molar-refractivity contribution in [2.75, 3.05) is 26.2 Å². The Morgan fingerprint density at radius 2 is 2.15 bits per heavy atom. The Bertz CT molecular complexity index is 122. The number of hydrogen-bond acceptors (Lipinski definition) is 5. The van der Waals surface area contributed by atoms with Crippen molar-refractivity contribution in [3.8, 4) is 0 Å². The van der Waals surface area contributed by atoms with Crippen molar-refractivity contribution in [1.82, 2.24) is 10.6 Å². The van der Waals surface area contributed by atoms with Gasteiger partial charge in [0.15, 0.2) is 0 Å². The lowest BCUT2D eigenvalue weighted by Gasteiger charge is -2.11. The highest BCUT2D eigenvalue weighted by Gasteiger charge is 2.00. The molecule has 0 aliphatic heterocycles. The van der Waals surface area contributed by atoms with Crippen LogP contribution in [0, 0.1) is 0 Å². The summed E-state index contributed by atoms with van der Waals surface area (Å²) in [7, 11) is 0. The molecule has 0 aromatic heterocycles. The van der Waals surface area contributed by atoms with Gasteiger partial charge in [0.25, 0.3) is 0 Å². The van der Waals surface area contributed by atoms with Crippen molar-refractivity contribution in [3.63, 3.8) is 0 Å². The summed E-state index contributed by atoms with van der Waals surface area (Å²) in [6.45, 7) is 2.52. The number of nitrogens with two attached hydrogens (primary N) is 1. The number of aliphatic hydroxyl groups is 1. The van der Waals surface area contributed by atoms with Gasteiger partial charge >= 0.3 is 0 Å². The van der Waals surface area contributed by atoms with Gasteiger partial charge in [-0.15, -0.1) is 0 Å². The van der Waals surface area contributed by atoms with E-state index in [4.69, 9.17) is 5.73 Å². The molecule has 0 saturated heterocycles. The van der Waals surface area contributed by atoms with Crippen LogP contribution in [0.25, 0.3) is 0 Å². The van der Waals surface area contributed by atoms with Crippen LogP contribution in [0.1, 0.15) is 12.8 Å². The molecule has 5 nitrogen and oxygen atoms in total. The van der Waals surface area contributed by atoms with Crippen molar-refractivity contribution < 1.29 is 9.90 Å². The average molecular weight is 189 g/mol. The average Bonchev–Trinajstić information content (AvgIpc) is 2.14. The molecule has 0 rings (SSSR count). The second kappa shape index (κ2) is 9.60. The monoisotopic (exact) mass is 189 g/mol. The fraction of sp³-hybridized carbons (Fsp3) is 0.875. The highest BCUT2D eigenvalue weighted by atomic mass is 16.3. The normalized spacial score (nSPS) is 12.8. The zero-order valence-electron chi connectivity index (χ0n) is 7.83. The molecule has 1 unspecified atom stereocenters. The van der Waals surface area contributed by atoms with Crippen LogP contribution >= 0.6 is 0 Å². The van der Waals surface area contributed by atoms with Gasteiger partial charge in [0, 0.05) is 26.1 Å². The summed E-state index contributed by atoms with van der Waals surface area (Å²) in [6, 6.07) is 0. The van der Waals surface area contributed by atoms with Crippen LogP contribution in [-0.2, 0) is 4.79 Å². The van der Waals surface area contributed by atoms with Gasteiger partial charge < -0.3 is 21.0 Å². The highest BCUT2D eigenvalue weighted by Crippen LogP contribution is 1.83. The molecule has 1 atom stereocenters. The molecule has 0 saturated carbocycles. The summed E-state index contributed by atoms with van der Waals surface area (Å²) in [5.41, 5.74) is 5.24. The van der Waals surface area contributed by atoms with Crippen LogP contribution < -0.4 is 16.4 Å². The van der Waals surface area contributed by atoms with Crippen molar-refractivity contribution in [1.29, 1.82) is 0 Å². The molecule has 0 aromatic carbocycles. The first-order chi connectivity index (χ1) is 6.31. The van der Waals surface area contributed by atoms with E-state index < -0.39 is 6.23 Å². The Kier molecular flexibility index (Phi) is 9.24. The van der Waals surface area contributed by atoms with E-state index in [0.29, 0.717) is 39.0 Å². The Balaban J connectivity index is 3.07. The van der Waals surface area contributed by atoms with Crippen molar-refractivity contribution in [3.05, 3.63) is 0 Å². The lowest BCUT2D eigenvalue weighted by Crippen LogP contribution is -2.35. The van der Waals surface area contributed by atoms with E-state index >= 15 is 0 Å². The molecular formula is C8H19N3O2. The molecule has 0 bridgehead atoms. The van der Waals surface area contributed by atoms with E-state index in [1.54, 1.807) is 0 Å². The summed E-state index contributed by atoms with van der Waals surface area (Å²) >= 11 is 0. The zero-order chi connectivity index (χ0) is 9.94. The fourth-order valence-corrected chi connectivity index (χ4v) is 0.877. The SMILES string of the molecule is NCCNC(O)CCNCCC=O.